The van der Waals surface area contributed by atoms with Crippen molar-refractivity contribution in [1.29, 1.82) is 0 Å². The second-order valence-electron chi connectivity index (χ2n) is 4.98. The Morgan fingerprint density at radius 2 is 1.76 bits per heavy atom. The summed E-state index contributed by atoms with van der Waals surface area (Å²) in [6.45, 7) is 6.77. The van der Waals surface area contributed by atoms with Crippen LogP contribution in [0.15, 0.2) is 28.8 Å². The molecule has 0 saturated heterocycles. The van der Waals surface area contributed by atoms with Gasteiger partial charge in [0.25, 0.3) is 0 Å². The molecular formula is C16H17NO4. The number of carbonyl (C=O) groups is 2. The molecule has 1 aromatic carbocycles. The van der Waals surface area contributed by atoms with Crippen molar-refractivity contribution in [3.05, 3.63) is 52.4 Å². The maximum atomic E-state index is 12.2. The minimum atomic E-state index is -0.867. The summed E-state index contributed by atoms with van der Waals surface area (Å²) in [7, 11) is 0. The number of rotatable bonds is 4. The van der Waals surface area contributed by atoms with Crippen LogP contribution in [0, 0.1) is 20.8 Å². The van der Waals surface area contributed by atoms with Gasteiger partial charge in [0.15, 0.2) is 6.10 Å². The van der Waals surface area contributed by atoms with Gasteiger partial charge in [-0.3, -0.25) is 4.79 Å². The molecule has 0 saturated carbocycles. The summed E-state index contributed by atoms with van der Waals surface area (Å²) in [6.07, 6.45) is -0.867. The van der Waals surface area contributed by atoms with Crippen molar-refractivity contribution in [1.82, 2.24) is 5.16 Å². The number of ketones is 1. The maximum absolute atomic E-state index is 12.2. The Hall–Kier alpha value is -2.43. The summed E-state index contributed by atoms with van der Waals surface area (Å²) < 4.78 is 10.1. The molecule has 1 atom stereocenters. The minimum Gasteiger partial charge on any atom is -0.451 e. The molecule has 5 heteroatoms. The van der Waals surface area contributed by atoms with Gasteiger partial charge in [-0.15, -0.1) is 0 Å². The van der Waals surface area contributed by atoms with E-state index in [1.54, 1.807) is 32.9 Å². The van der Waals surface area contributed by atoms with Crippen molar-refractivity contribution in [2.75, 3.05) is 0 Å². The SMILES string of the molecule is Cc1ccc(C(=O)[C@H](C)OC(=O)c2c(C)noc2C)cc1. The van der Waals surface area contributed by atoms with Gasteiger partial charge in [0.2, 0.25) is 5.78 Å². The topological polar surface area (TPSA) is 69.4 Å². The van der Waals surface area contributed by atoms with Gasteiger partial charge in [-0.05, 0) is 27.7 Å². The number of ether oxygens (including phenoxy) is 1. The van der Waals surface area contributed by atoms with E-state index in [9.17, 15) is 9.59 Å². The molecule has 0 aliphatic rings. The van der Waals surface area contributed by atoms with Crippen LogP contribution in [0.3, 0.4) is 0 Å². The average molecular weight is 287 g/mol. The predicted octanol–water partition coefficient (Wildman–Crippen LogP) is 3.03. The Kier molecular flexibility index (Phi) is 4.21. The number of esters is 1. The normalized spacial score (nSPS) is 12.0. The smallest absolute Gasteiger partial charge is 0.344 e. The highest BCUT2D eigenvalue weighted by Crippen LogP contribution is 2.16. The molecule has 0 aliphatic carbocycles. The molecule has 0 amide bonds. The number of carbonyl (C=O) groups excluding carboxylic acids is 2. The molecule has 110 valence electrons. The lowest BCUT2D eigenvalue weighted by Gasteiger charge is -2.12. The van der Waals surface area contributed by atoms with Crippen LogP contribution in [0.4, 0.5) is 0 Å². The van der Waals surface area contributed by atoms with Crippen molar-refractivity contribution in [2.45, 2.75) is 33.8 Å². The average Bonchev–Trinajstić information content (AvgIpc) is 2.78. The zero-order valence-corrected chi connectivity index (χ0v) is 12.5. The predicted molar refractivity (Wildman–Crippen MR) is 76.4 cm³/mol. The van der Waals surface area contributed by atoms with E-state index in [4.69, 9.17) is 9.26 Å². The van der Waals surface area contributed by atoms with Crippen molar-refractivity contribution in [2.24, 2.45) is 0 Å². The van der Waals surface area contributed by atoms with E-state index in [2.05, 4.69) is 5.16 Å². The fraction of sp³-hybridized carbons (Fsp3) is 0.312. The monoisotopic (exact) mass is 287 g/mol. The van der Waals surface area contributed by atoms with Crippen LogP contribution in [0.2, 0.25) is 0 Å². The fourth-order valence-electron chi connectivity index (χ4n) is 2.00. The number of hydrogen-bond donors (Lipinski definition) is 0. The summed E-state index contributed by atoms with van der Waals surface area (Å²) in [5.74, 6) is -0.457. The van der Waals surface area contributed by atoms with Gasteiger partial charge in [0.1, 0.15) is 11.3 Å². The zero-order chi connectivity index (χ0) is 15.6. The summed E-state index contributed by atoms with van der Waals surface area (Å²) >= 11 is 0. The van der Waals surface area contributed by atoms with E-state index in [0.29, 0.717) is 17.0 Å². The zero-order valence-electron chi connectivity index (χ0n) is 12.5. The lowest BCUT2D eigenvalue weighted by atomic mass is 10.1. The Labute approximate surface area is 122 Å². The highest BCUT2D eigenvalue weighted by molar-refractivity contribution is 6.01. The third-order valence-corrected chi connectivity index (χ3v) is 3.23. The van der Waals surface area contributed by atoms with Crippen molar-refractivity contribution < 1.29 is 18.8 Å². The van der Waals surface area contributed by atoms with E-state index in [-0.39, 0.29) is 11.3 Å². The molecule has 0 N–H and O–H groups in total. The highest BCUT2D eigenvalue weighted by atomic mass is 16.5. The van der Waals surface area contributed by atoms with Crippen LogP contribution < -0.4 is 0 Å². The number of benzene rings is 1. The van der Waals surface area contributed by atoms with E-state index in [1.807, 2.05) is 19.1 Å². The molecule has 21 heavy (non-hydrogen) atoms. The molecule has 5 nitrogen and oxygen atoms in total. The van der Waals surface area contributed by atoms with E-state index in [0.717, 1.165) is 5.56 Å². The first-order valence-electron chi connectivity index (χ1n) is 6.65. The van der Waals surface area contributed by atoms with E-state index < -0.39 is 12.1 Å². The third kappa shape index (κ3) is 3.18. The van der Waals surface area contributed by atoms with Crippen molar-refractivity contribution in [3.63, 3.8) is 0 Å². The Morgan fingerprint density at radius 3 is 2.29 bits per heavy atom. The van der Waals surface area contributed by atoms with Crippen molar-refractivity contribution in [3.8, 4) is 0 Å². The maximum Gasteiger partial charge on any atom is 0.344 e. The van der Waals surface area contributed by atoms with E-state index in [1.165, 1.54) is 0 Å². The highest BCUT2D eigenvalue weighted by Gasteiger charge is 2.24. The fourth-order valence-corrected chi connectivity index (χ4v) is 2.00. The minimum absolute atomic E-state index is 0.241. The van der Waals surface area contributed by atoms with Gasteiger partial charge in [-0.1, -0.05) is 35.0 Å². The lowest BCUT2D eigenvalue weighted by Crippen LogP contribution is -2.24. The van der Waals surface area contributed by atoms with Gasteiger partial charge in [0.05, 0.1) is 5.69 Å². The summed E-state index contributed by atoms with van der Waals surface area (Å²) in [6, 6.07) is 7.13. The second kappa shape index (κ2) is 5.91. The first-order chi connectivity index (χ1) is 9.90. The van der Waals surface area contributed by atoms with Crippen LogP contribution in [0.5, 0.6) is 0 Å². The molecule has 1 heterocycles. The summed E-state index contributed by atoms with van der Waals surface area (Å²) in [5.41, 5.74) is 2.30. The molecule has 0 unspecified atom stereocenters. The molecule has 0 fully saturated rings. The van der Waals surface area contributed by atoms with E-state index >= 15 is 0 Å². The largest absolute Gasteiger partial charge is 0.451 e. The first-order valence-corrected chi connectivity index (χ1v) is 6.65. The quantitative estimate of drug-likeness (QED) is 0.638. The molecular weight excluding hydrogens is 270 g/mol. The van der Waals surface area contributed by atoms with Gasteiger partial charge in [-0.2, -0.15) is 0 Å². The van der Waals surface area contributed by atoms with Crippen molar-refractivity contribution >= 4 is 11.8 Å². The number of hydrogen-bond acceptors (Lipinski definition) is 5. The Bertz CT molecular complexity index is 651. The van der Waals surface area contributed by atoms with Crippen LogP contribution >= 0.6 is 0 Å². The van der Waals surface area contributed by atoms with Crippen LogP contribution in [0.1, 0.15) is 44.7 Å². The first kappa shape index (κ1) is 15.0. The number of aromatic nitrogens is 1. The number of nitrogens with zero attached hydrogens (tertiary/aromatic N) is 1. The van der Waals surface area contributed by atoms with Crippen LogP contribution in [-0.4, -0.2) is 23.0 Å². The molecule has 2 rings (SSSR count). The van der Waals surface area contributed by atoms with Crippen LogP contribution in [-0.2, 0) is 4.74 Å². The lowest BCUT2D eigenvalue weighted by molar-refractivity contribution is 0.0316. The second-order valence-corrected chi connectivity index (χ2v) is 4.98. The van der Waals surface area contributed by atoms with Gasteiger partial charge in [-0.25, -0.2) is 4.79 Å². The number of Topliss-reactive ketones (excluding diaryl/α,β-unsaturated/α-hetero) is 1. The molecule has 0 spiro atoms. The third-order valence-electron chi connectivity index (χ3n) is 3.23. The Morgan fingerprint density at radius 1 is 1.14 bits per heavy atom. The number of aryl methyl sites for hydroxylation is 3. The van der Waals surface area contributed by atoms with Gasteiger partial charge >= 0.3 is 5.97 Å². The summed E-state index contributed by atoms with van der Waals surface area (Å²) in [5, 5.41) is 3.70. The molecule has 2 aromatic rings. The van der Waals surface area contributed by atoms with Gasteiger partial charge in [0, 0.05) is 5.56 Å². The molecule has 0 aliphatic heterocycles. The molecule has 1 aromatic heterocycles. The van der Waals surface area contributed by atoms with Crippen LogP contribution in [0.25, 0.3) is 0 Å². The van der Waals surface area contributed by atoms with Gasteiger partial charge < -0.3 is 9.26 Å². The molecule has 0 radical (unpaired) electrons. The standard InChI is InChI=1S/C16H17NO4/c1-9-5-7-13(8-6-9)15(18)12(4)20-16(19)14-10(2)17-21-11(14)3/h5-8,12H,1-4H3/t12-/m0/s1. The molecule has 0 bridgehead atoms. The summed E-state index contributed by atoms with van der Waals surface area (Å²) in [4.78, 5) is 24.3. The Balaban J connectivity index is 2.11.